The average molecular weight is 480 g/mol. The first kappa shape index (κ1) is 23.0. The molecule has 0 amide bonds. The van der Waals surface area contributed by atoms with Gasteiger partial charge in [-0.25, -0.2) is 14.2 Å². The van der Waals surface area contributed by atoms with Crippen LogP contribution >= 0.6 is 0 Å². The molecule has 0 atom stereocenters. The minimum atomic E-state index is -1.35. The molecule has 4 aromatic rings. The maximum Gasteiger partial charge on any atom is 0.338 e. The summed E-state index contributed by atoms with van der Waals surface area (Å²) in [6.07, 6.45) is 5.43. The van der Waals surface area contributed by atoms with Crippen LogP contribution in [0.25, 0.3) is 33.3 Å². The first-order chi connectivity index (χ1) is 16.9. The molecule has 9 heteroatoms. The van der Waals surface area contributed by atoms with Crippen molar-refractivity contribution in [2.75, 3.05) is 19.8 Å². The van der Waals surface area contributed by atoms with Crippen molar-refractivity contribution in [2.24, 2.45) is 0 Å². The van der Waals surface area contributed by atoms with Gasteiger partial charge >= 0.3 is 5.97 Å². The van der Waals surface area contributed by atoms with Crippen LogP contribution in [-0.4, -0.2) is 45.6 Å². The molecule has 1 aromatic carbocycles. The van der Waals surface area contributed by atoms with E-state index in [1.54, 1.807) is 13.1 Å². The molecule has 3 aromatic heterocycles. The molecular formula is C26H26FN3O5. The number of fused-ring (bicyclic) bond motifs is 1. The second-order valence-electron chi connectivity index (χ2n) is 8.65. The summed E-state index contributed by atoms with van der Waals surface area (Å²) in [5.41, 5.74) is 3.96. The highest BCUT2D eigenvalue weighted by Crippen LogP contribution is 2.41. The number of ether oxygens (including phenoxy) is 2. The zero-order chi connectivity index (χ0) is 24.7. The van der Waals surface area contributed by atoms with Crippen LogP contribution in [0.5, 0.6) is 5.75 Å². The minimum absolute atomic E-state index is 0.177. The first-order valence-electron chi connectivity index (χ1n) is 11.6. The van der Waals surface area contributed by atoms with Gasteiger partial charge in [0, 0.05) is 59.3 Å². The number of hydrogen-bond acceptors (Lipinski definition) is 6. The van der Waals surface area contributed by atoms with Crippen LogP contribution in [0.2, 0.25) is 0 Å². The van der Waals surface area contributed by atoms with Crippen molar-refractivity contribution in [3.63, 3.8) is 0 Å². The van der Waals surface area contributed by atoms with E-state index < -0.39 is 17.3 Å². The van der Waals surface area contributed by atoms with Gasteiger partial charge in [-0.15, -0.1) is 0 Å². The van der Waals surface area contributed by atoms with Crippen molar-refractivity contribution in [1.29, 1.82) is 0 Å². The van der Waals surface area contributed by atoms with Crippen LogP contribution in [-0.2, 0) is 4.74 Å². The molecule has 8 nitrogen and oxygen atoms in total. The first-order valence-corrected chi connectivity index (χ1v) is 11.6. The zero-order valence-corrected chi connectivity index (χ0v) is 19.8. The van der Waals surface area contributed by atoms with Gasteiger partial charge in [0.25, 0.3) is 0 Å². The van der Waals surface area contributed by atoms with Crippen LogP contribution in [0.1, 0.15) is 47.6 Å². The normalized spacial score (nSPS) is 14.5. The molecule has 0 unspecified atom stereocenters. The number of carbonyl (C=O) groups is 1. The van der Waals surface area contributed by atoms with Gasteiger partial charge in [0.05, 0.1) is 17.9 Å². The number of rotatable bonds is 6. The molecule has 0 radical (unpaired) electrons. The van der Waals surface area contributed by atoms with Crippen LogP contribution in [0.15, 0.2) is 35.1 Å². The maximum atomic E-state index is 14.9. The molecule has 35 heavy (non-hydrogen) atoms. The third kappa shape index (κ3) is 4.05. The van der Waals surface area contributed by atoms with Crippen molar-refractivity contribution in [3.8, 4) is 28.0 Å². The lowest BCUT2D eigenvalue weighted by Gasteiger charge is -2.24. The largest absolute Gasteiger partial charge is 0.493 e. The van der Waals surface area contributed by atoms with Gasteiger partial charge in [0.2, 0.25) is 0 Å². The second kappa shape index (κ2) is 9.14. The summed E-state index contributed by atoms with van der Waals surface area (Å²) in [5.74, 6) is -1.18. The molecule has 182 valence electrons. The molecule has 0 spiro atoms. The smallest absolute Gasteiger partial charge is 0.338 e. The molecular weight excluding hydrogens is 453 g/mol. The van der Waals surface area contributed by atoms with Crippen LogP contribution < -0.4 is 4.74 Å². The Morgan fingerprint density at radius 2 is 2.00 bits per heavy atom. The van der Waals surface area contributed by atoms with E-state index in [4.69, 9.17) is 19.0 Å². The second-order valence-corrected chi connectivity index (χ2v) is 8.65. The zero-order valence-electron chi connectivity index (χ0n) is 19.8. The molecule has 0 saturated carbocycles. The summed E-state index contributed by atoms with van der Waals surface area (Å²) in [5, 5.41) is 14.3. The molecule has 1 N–H and O–H groups in total. The number of carboxylic acids is 1. The number of aromatic nitrogens is 3. The Kier molecular flexibility index (Phi) is 6.02. The van der Waals surface area contributed by atoms with E-state index in [0.717, 1.165) is 40.7 Å². The van der Waals surface area contributed by atoms with Gasteiger partial charge in [-0.1, -0.05) is 5.16 Å². The molecule has 1 aliphatic heterocycles. The number of carboxylic acid groups (broad SMARTS) is 1. The molecule has 0 bridgehead atoms. The topological polar surface area (TPSA) is 99.6 Å². The van der Waals surface area contributed by atoms with E-state index in [0.29, 0.717) is 42.5 Å². The molecule has 1 saturated heterocycles. The lowest BCUT2D eigenvalue weighted by atomic mass is 9.99. The summed E-state index contributed by atoms with van der Waals surface area (Å²) >= 11 is 0. The highest BCUT2D eigenvalue weighted by molar-refractivity contribution is 5.99. The quantitative estimate of drug-likeness (QED) is 0.386. The number of halogens is 1. The third-order valence-corrected chi connectivity index (χ3v) is 6.47. The SMILES string of the molecule is CCOc1cc(C(=O)O)c(F)cc1-c1cn(C2CCOCC2)c2ncc(-c3c(C)noc3C)cc12. The summed E-state index contributed by atoms with van der Waals surface area (Å²) in [4.78, 5) is 16.4. The fraction of sp³-hybridized carbons (Fsp3) is 0.346. The van der Waals surface area contributed by atoms with Gasteiger partial charge in [-0.3, -0.25) is 0 Å². The van der Waals surface area contributed by atoms with E-state index in [1.807, 2.05) is 26.1 Å². The molecule has 4 heterocycles. The van der Waals surface area contributed by atoms with Gasteiger partial charge in [-0.2, -0.15) is 0 Å². The highest BCUT2D eigenvalue weighted by Gasteiger charge is 2.25. The Morgan fingerprint density at radius 1 is 1.23 bits per heavy atom. The van der Waals surface area contributed by atoms with E-state index in [2.05, 4.69) is 9.72 Å². The van der Waals surface area contributed by atoms with E-state index >= 15 is 0 Å². The summed E-state index contributed by atoms with van der Waals surface area (Å²) < 4.78 is 33.7. The van der Waals surface area contributed by atoms with Gasteiger partial charge in [-0.05, 0) is 51.8 Å². The number of benzene rings is 1. The van der Waals surface area contributed by atoms with E-state index in [1.165, 1.54) is 12.1 Å². The number of aryl methyl sites for hydroxylation is 2. The van der Waals surface area contributed by atoms with E-state index in [-0.39, 0.29) is 6.04 Å². The molecule has 1 fully saturated rings. The highest BCUT2D eigenvalue weighted by atomic mass is 19.1. The van der Waals surface area contributed by atoms with Crippen molar-refractivity contribution in [2.45, 2.75) is 39.7 Å². The third-order valence-electron chi connectivity index (χ3n) is 6.47. The van der Waals surface area contributed by atoms with E-state index in [9.17, 15) is 14.3 Å². The Bertz CT molecular complexity index is 1400. The van der Waals surface area contributed by atoms with Crippen molar-refractivity contribution in [3.05, 3.63) is 53.4 Å². The predicted octanol–water partition coefficient (Wildman–Crippen LogP) is 5.56. The van der Waals surface area contributed by atoms with Crippen molar-refractivity contribution < 1.29 is 28.3 Å². The molecule has 0 aliphatic carbocycles. The van der Waals surface area contributed by atoms with Crippen LogP contribution in [0.4, 0.5) is 4.39 Å². The van der Waals surface area contributed by atoms with Gasteiger partial charge < -0.3 is 23.7 Å². The fourth-order valence-electron chi connectivity index (χ4n) is 4.82. The van der Waals surface area contributed by atoms with Gasteiger partial charge in [0.15, 0.2) is 0 Å². The lowest BCUT2D eigenvalue weighted by Crippen LogP contribution is -2.19. The Hall–Kier alpha value is -3.72. The number of nitrogens with zero attached hydrogens (tertiary/aromatic N) is 3. The Morgan fingerprint density at radius 3 is 2.66 bits per heavy atom. The minimum Gasteiger partial charge on any atom is -0.493 e. The average Bonchev–Trinajstić information content (AvgIpc) is 3.39. The number of pyridine rings is 1. The lowest BCUT2D eigenvalue weighted by molar-refractivity contribution is 0.0690. The summed E-state index contributed by atoms with van der Waals surface area (Å²) in [7, 11) is 0. The van der Waals surface area contributed by atoms with Gasteiger partial charge in [0.1, 0.15) is 23.0 Å². The predicted molar refractivity (Wildman–Crippen MR) is 127 cm³/mol. The summed E-state index contributed by atoms with van der Waals surface area (Å²) in [6, 6.07) is 4.66. The number of aromatic carboxylic acids is 1. The molecule has 1 aliphatic rings. The standard InChI is InChI=1S/C26H26FN3O5/c1-4-34-23-11-20(26(31)32)22(27)10-18(23)21-13-30(17-5-7-33-8-6-17)25-19(21)9-16(12-28-25)24-14(2)29-35-15(24)3/h9-13,17H,4-8H2,1-3H3,(H,31,32). The Balaban J connectivity index is 1.77. The number of hydrogen-bond donors (Lipinski definition) is 1. The molecule has 5 rings (SSSR count). The Labute approximate surface area is 201 Å². The maximum absolute atomic E-state index is 14.9. The monoisotopic (exact) mass is 479 g/mol. The van der Waals surface area contributed by atoms with Crippen LogP contribution in [0.3, 0.4) is 0 Å². The van der Waals surface area contributed by atoms with Crippen LogP contribution in [0, 0.1) is 19.7 Å². The fourth-order valence-corrected chi connectivity index (χ4v) is 4.82. The van der Waals surface area contributed by atoms with Crippen molar-refractivity contribution in [1.82, 2.24) is 14.7 Å². The summed E-state index contributed by atoms with van der Waals surface area (Å²) in [6.45, 7) is 7.14. The van der Waals surface area contributed by atoms with Crippen molar-refractivity contribution >= 4 is 17.0 Å².